The van der Waals surface area contributed by atoms with Gasteiger partial charge in [-0.2, -0.15) is 0 Å². The maximum atomic E-state index is 12.0. The second kappa shape index (κ2) is 7.94. The highest BCUT2D eigenvalue weighted by Gasteiger charge is 2.15. The van der Waals surface area contributed by atoms with Gasteiger partial charge < -0.3 is 15.5 Å². The number of hydrogen-bond donors (Lipinski definition) is 2. The van der Waals surface area contributed by atoms with Crippen LogP contribution in [0.15, 0.2) is 24.3 Å². The van der Waals surface area contributed by atoms with Gasteiger partial charge in [-0.05, 0) is 56.5 Å². The van der Waals surface area contributed by atoms with Crippen LogP contribution in [0.1, 0.15) is 36.0 Å². The largest absolute Gasteiger partial charge is 0.345 e. The van der Waals surface area contributed by atoms with Crippen molar-refractivity contribution in [2.45, 2.75) is 25.7 Å². The van der Waals surface area contributed by atoms with Crippen LogP contribution in [0.3, 0.4) is 0 Å². The third-order valence-corrected chi connectivity index (χ3v) is 4.04. The van der Waals surface area contributed by atoms with Gasteiger partial charge in [0.15, 0.2) is 0 Å². The first-order valence-corrected chi connectivity index (χ1v) is 7.88. The van der Waals surface area contributed by atoms with Crippen molar-refractivity contribution in [3.63, 3.8) is 0 Å². The van der Waals surface area contributed by atoms with E-state index in [1.54, 1.807) is 32.3 Å². The summed E-state index contributed by atoms with van der Waals surface area (Å²) in [5.41, 5.74) is 1.27. The zero-order valence-electron chi connectivity index (χ0n) is 13.4. The molecule has 1 aromatic carbocycles. The number of piperidine rings is 1. The Labute approximate surface area is 132 Å². The fourth-order valence-corrected chi connectivity index (χ4v) is 2.72. The summed E-state index contributed by atoms with van der Waals surface area (Å²) in [6, 6.07) is 7.09. The maximum absolute atomic E-state index is 12.0. The van der Waals surface area contributed by atoms with Crippen molar-refractivity contribution < 1.29 is 9.59 Å². The van der Waals surface area contributed by atoms with Crippen LogP contribution in [0.2, 0.25) is 0 Å². The van der Waals surface area contributed by atoms with Gasteiger partial charge in [-0.15, -0.1) is 0 Å². The van der Waals surface area contributed by atoms with Crippen LogP contribution in [0, 0.1) is 5.92 Å². The Morgan fingerprint density at radius 2 is 2.00 bits per heavy atom. The summed E-state index contributed by atoms with van der Waals surface area (Å²) in [7, 11) is 3.43. The van der Waals surface area contributed by atoms with Gasteiger partial charge in [-0.25, -0.2) is 0 Å². The molecule has 2 N–H and O–H groups in total. The van der Waals surface area contributed by atoms with Crippen LogP contribution in [-0.4, -0.2) is 43.9 Å². The minimum Gasteiger partial charge on any atom is -0.345 e. The molecular weight excluding hydrogens is 278 g/mol. The predicted octanol–water partition coefficient (Wildman–Crippen LogP) is 2.11. The molecule has 5 nitrogen and oxygen atoms in total. The number of benzene rings is 1. The second-order valence-corrected chi connectivity index (χ2v) is 6.06. The molecule has 0 bridgehead atoms. The number of anilines is 1. The molecule has 1 aliphatic rings. The Morgan fingerprint density at radius 3 is 2.68 bits per heavy atom. The van der Waals surface area contributed by atoms with E-state index in [4.69, 9.17) is 0 Å². The molecule has 120 valence electrons. The minimum absolute atomic E-state index is 0.0213. The Balaban J connectivity index is 1.85. The van der Waals surface area contributed by atoms with E-state index >= 15 is 0 Å². The fraction of sp³-hybridized carbons (Fsp3) is 0.529. The highest BCUT2D eigenvalue weighted by atomic mass is 16.2. The van der Waals surface area contributed by atoms with Crippen molar-refractivity contribution >= 4 is 17.5 Å². The fourth-order valence-electron chi connectivity index (χ4n) is 2.72. The average Bonchev–Trinajstić information content (AvgIpc) is 2.53. The Kier molecular flexibility index (Phi) is 5.95. The minimum atomic E-state index is -0.0641. The monoisotopic (exact) mass is 303 g/mol. The standard InChI is InChI=1S/C17H25N3O2/c1-20(2)17(22)14-4-3-5-15(12-14)19-16(21)7-6-13-8-10-18-11-9-13/h3-5,12-13,18H,6-11H2,1-2H3,(H,19,21). The molecule has 0 saturated carbocycles. The first-order chi connectivity index (χ1) is 10.6. The van der Waals surface area contributed by atoms with Crippen molar-refractivity contribution in [1.82, 2.24) is 10.2 Å². The number of nitrogens with zero attached hydrogens (tertiary/aromatic N) is 1. The van der Waals surface area contributed by atoms with E-state index in [0.29, 0.717) is 23.6 Å². The van der Waals surface area contributed by atoms with E-state index < -0.39 is 0 Å². The van der Waals surface area contributed by atoms with Crippen LogP contribution in [0.5, 0.6) is 0 Å². The molecule has 0 aliphatic carbocycles. The number of rotatable bonds is 5. The molecule has 0 aromatic heterocycles. The van der Waals surface area contributed by atoms with E-state index in [9.17, 15) is 9.59 Å². The summed E-state index contributed by atoms with van der Waals surface area (Å²) in [5.74, 6) is 0.604. The lowest BCUT2D eigenvalue weighted by atomic mass is 9.93. The Bertz CT molecular complexity index is 522. The molecule has 2 amide bonds. The van der Waals surface area contributed by atoms with Crippen LogP contribution < -0.4 is 10.6 Å². The van der Waals surface area contributed by atoms with E-state index in [2.05, 4.69) is 10.6 Å². The van der Waals surface area contributed by atoms with Crippen molar-refractivity contribution in [2.24, 2.45) is 5.92 Å². The third kappa shape index (κ3) is 4.84. The van der Waals surface area contributed by atoms with Gasteiger partial charge in [0, 0.05) is 31.8 Å². The molecule has 0 unspecified atom stereocenters. The topological polar surface area (TPSA) is 61.4 Å². The Morgan fingerprint density at radius 1 is 1.27 bits per heavy atom. The molecule has 1 heterocycles. The van der Waals surface area contributed by atoms with Crippen LogP contribution in [-0.2, 0) is 4.79 Å². The normalized spacial score (nSPS) is 15.4. The summed E-state index contributed by atoms with van der Waals surface area (Å²) in [6.07, 6.45) is 3.78. The van der Waals surface area contributed by atoms with E-state index in [1.807, 2.05) is 6.07 Å². The van der Waals surface area contributed by atoms with Crippen molar-refractivity contribution in [3.05, 3.63) is 29.8 Å². The summed E-state index contributed by atoms with van der Waals surface area (Å²) < 4.78 is 0. The summed E-state index contributed by atoms with van der Waals surface area (Å²) in [6.45, 7) is 2.11. The van der Waals surface area contributed by atoms with Gasteiger partial charge in [-0.1, -0.05) is 6.07 Å². The second-order valence-electron chi connectivity index (χ2n) is 6.06. The lowest BCUT2D eigenvalue weighted by molar-refractivity contribution is -0.116. The van der Waals surface area contributed by atoms with E-state index in [0.717, 1.165) is 32.4 Å². The number of nitrogens with one attached hydrogen (secondary N) is 2. The molecule has 1 saturated heterocycles. The van der Waals surface area contributed by atoms with Crippen LogP contribution >= 0.6 is 0 Å². The predicted molar refractivity (Wildman–Crippen MR) is 87.9 cm³/mol. The molecule has 22 heavy (non-hydrogen) atoms. The molecule has 0 spiro atoms. The number of amides is 2. The molecule has 0 atom stereocenters. The Hall–Kier alpha value is -1.88. The van der Waals surface area contributed by atoms with Gasteiger partial charge in [0.2, 0.25) is 5.91 Å². The summed E-state index contributed by atoms with van der Waals surface area (Å²) in [5, 5.41) is 6.22. The van der Waals surface area contributed by atoms with E-state index in [1.165, 1.54) is 4.90 Å². The van der Waals surface area contributed by atoms with Crippen molar-refractivity contribution in [1.29, 1.82) is 0 Å². The lowest BCUT2D eigenvalue weighted by Gasteiger charge is -2.22. The molecular formula is C17H25N3O2. The highest BCUT2D eigenvalue weighted by molar-refractivity contribution is 5.96. The highest BCUT2D eigenvalue weighted by Crippen LogP contribution is 2.18. The zero-order valence-corrected chi connectivity index (χ0v) is 13.4. The number of hydrogen-bond acceptors (Lipinski definition) is 3. The van der Waals surface area contributed by atoms with Crippen LogP contribution in [0.4, 0.5) is 5.69 Å². The summed E-state index contributed by atoms with van der Waals surface area (Å²) in [4.78, 5) is 25.5. The third-order valence-electron chi connectivity index (χ3n) is 4.04. The smallest absolute Gasteiger partial charge is 0.253 e. The zero-order chi connectivity index (χ0) is 15.9. The molecule has 2 rings (SSSR count). The van der Waals surface area contributed by atoms with Gasteiger partial charge in [0.1, 0.15) is 0 Å². The lowest BCUT2D eigenvalue weighted by Crippen LogP contribution is -2.28. The van der Waals surface area contributed by atoms with E-state index in [-0.39, 0.29) is 11.8 Å². The number of carbonyl (C=O) groups excluding carboxylic acids is 2. The average molecular weight is 303 g/mol. The van der Waals surface area contributed by atoms with Crippen molar-refractivity contribution in [2.75, 3.05) is 32.5 Å². The molecule has 1 fully saturated rings. The van der Waals surface area contributed by atoms with Crippen molar-refractivity contribution in [3.8, 4) is 0 Å². The molecule has 0 radical (unpaired) electrons. The molecule has 5 heteroatoms. The van der Waals surface area contributed by atoms with Crippen LogP contribution in [0.25, 0.3) is 0 Å². The molecule has 1 aromatic rings. The van der Waals surface area contributed by atoms with Gasteiger partial charge in [0.25, 0.3) is 5.91 Å². The van der Waals surface area contributed by atoms with Gasteiger partial charge in [0.05, 0.1) is 0 Å². The molecule has 1 aliphatic heterocycles. The first-order valence-electron chi connectivity index (χ1n) is 7.88. The number of carbonyl (C=O) groups is 2. The first kappa shape index (κ1) is 16.5. The summed E-state index contributed by atoms with van der Waals surface area (Å²) >= 11 is 0. The quantitative estimate of drug-likeness (QED) is 0.876. The SMILES string of the molecule is CN(C)C(=O)c1cccc(NC(=O)CCC2CCNCC2)c1. The maximum Gasteiger partial charge on any atom is 0.253 e. The van der Waals surface area contributed by atoms with Gasteiger partial charge in [-0.3, -0.25) is 9.59 Å². The van der Waals surface area contributed by atoms with Gasteiger partial charge >= 0.3 is 0 Å².